The average molecular weight is 237 g/mol. The molecular weight excluding hydrogens is 221 g/mol. The van der Waals surface area contributed by atoms with Crippen molar-refractivity contribution in [3.8, 4) is 0 Å². The lowest BCUT2D eigenvalue weighted by Crippen LogP contribution is -2.07. The van der Waals surface area contributed by atoms with Crippen molar-refractivity contribution in [2.75, 3.05) is 19.0 Å². The van der Waals surface area contributed by atoms with Crippen LogP contribution in [0, 0.1) is 5.82 Å². The molecule has 0 unspecified atom stereocenters. The van der Waals surface area contributed by atoms with Gasteiger partial charge >= 0.3 is 5.97 Å². The van der Waals surface area contributed by atoms with Gasteiger partial charge in [-0.05, 0) is 30.7 Å². The molecule has 0 fully saturated rings. The van der Waals surface area contributed by atoms with Crippen molar-refractivity contribution in [1.82, 2.24) is 0 Å². The van der Waals surface area contributed by atoms with Crippen molar-refractivity contribution in [3.63, 3.8) is 0 Å². The first-order valence-electron chi connectivity index (χ1n) is 5.44. The van der Waals surface area contributed by atoms with Gasteiger partial charge in [-0.1, -0.05) is 13.0 Å². The Morgan fingerprint density at radius 2 is 2.06 bits per heavy atom. The van der Waals surface area contributed by atoms with Crippen LogP contribution in [0.1, 0.15) is 13.3 Å². The minimum Gasteiger partial charge on any atom is -0.466 e. The van der Waals surface area contributed by atoms with Gasteiger partial charge in [-0.25, -0.2) is 9.18 Å². The number of esters is 1. The number of halogens is 1. The predicted molar refractivity (Wildman–Crippen MR) is 65.3 cm³/mol. The van der Waals surface area contributed by atoms with E-state index in [2.05, 4.69) is 10.1 Å². The van der Waals surface area contributed by atoms with Crippen LogP contribution in [0.25, 0.3) is 0 Å². The Morgan fingerprint density at radius 3 is 2.59 bits per heavy atom. The molecule has 0 aromatic heterocycles. The highest BCUT2D eigenvalue weighted by Gasteiger charge is 2.05. The summed E-state index contributed by atoms with van der Waals surface area (Å²) in [5, 5.41) is 3.06. The summed E-state index contributed by atoms with van der Waals surface area (Å²) in [5.74, 6) is -0.580. The molecule has 0 spiro atoms. The maximum atomic E-state index is 12.6. The Balaban J connectivity index is 2.53. The number of hydrogen-bond donors (Lipinski definition) is 1. The summed E-state index contributed by atoms with van der Waals surface area (Å²) in [7, 11) is 1.36. The van der Waals surface area contributed by atoms with E-state index in [9.17, 15) is 9.18 Å². The Bertz CT molecular complexity index is 398. The molecule has 3 nitrogen and oxygen atoms in total. The summed E-state index contributed by atoms with van der Waals surface area (Å²) < 4.78 is 17.3. The van der Waals surface area contributed by atoms with Gasteiger partial charge in [0.15, 0.2) is 0 Å². The van der Waals surface area contributed by atoms with Gasteiger partial charge in [-0.15, -0.1) is 0 Å². The second kappa shape index (κ2) is 6.68. The van der Waals surface area contributed by atoms with E-state index in [1.54, 1.807) is 18.2 Å². The van der Waals surface area contributed by atoms with Crippen molar-refractivity contribution in [2.24, 2.45) is 0 Å². The first-order chi connectivity index (χ1) is 8.17. The average Bonchev–Trinajstić information content (AvgIpc) is 2.36. The second-order valence-corrected chi connectivity index (χ2v) is 3.46. The monoisotopic (exact) mass is 237 g/mol. The summed E-state index contributed by atoms with van der Waals surface area (Å²) in [6.07, 6.45) is 2.40. The number of benzene rings is 1. The lowest BCUT2D eigenvalue weighted by molar-refractivity contribution is -0.136. The van der Waals surface area contributed by atoms with E-state index in [0.717, 1.165) is 5.69 Å². The summed E-state index contributed by atoms with van der Waals surface area (Å²) in [5.41, 5.74) is 1.44. The molecule has 0 radical (unpaired) electrons. The third-order valence-corrected chi connectivity index (χ3v) is 2.33. The third kappa shape index (κ3) is 4.26. The van der Waals surface area contributed by atoms with Crippen LogP contribution in [-0.2, 0) is 9.53 Å². The third-order valence-electron chi connectivity index (χ3n) is 2.33. The van der Waals surface area contributed by atoms with Crippen molar-refractivity contribution >= 4 is 11.7 Å². The molecule has 1 rings (SSSR count). The van der Waals surface area contributed by atoms with Crippen LogP contribution >= 0.6 is 0 Å². The predicted octanol–water partition coefficient (Wildman–Crippen LogP) is 2.75. The van der Waals surface area contributed by atoms with Crippen molar-refractivity contribution in [2.45, 2.75) is 13.3 Å². The number of nitrogens with one attached hydrogen (secondary N) is 1. The van der Waals surface area contributed by atoms with Gasteiger partial charge in [-0.2, -0.15) is 0 Å². The van der Waals surface area contributed by atoms with E-state index < -0.39 is 0 Å². The highest BCUT2D eigenvalue weighted by molar-refractivity contribution is 5.88. The molecule has 4 heteroatoms. The normalized spacial score (nSPS) is 11.1. The standard InChI is InChI=1S/C13H16FNO2/c1-3-10(13(16)17-2)8-9-15-12-6-4-11(14)5-7-12/h4-8,15H,3,9H2,1-2H3/b10-8-. The van der Waals surface area contributed by atoms with E-state index in [4.69, 9.17) is 0 Å². The first kappa shape index (κ1) is 13.2. The molecule has 1 N–H and O–H groups in total. The van der Waals surface area contributed by atoms with E-state index in [1.165, 1.54) is 19.2 Å². The van der Waals surface area contributed by atoms with Crippen molar-refractivity contribution in [3.05, 3.63) is 41.7 Å². The number of ether oxygens (including phenoxy) is 1. The highest BCUT2D eigenvalue weighted by Crippen LogP contribution is 2.08. The zero-order valence-electron chi connectivity index (χ0n) is 10.00. The molecule has 17 heavy (non-hydrogen) atoms. The molecule has 0 bridgehead atoms. The molecule has 0 saturated carbocycles. The minimum atomic E-state index is -0.312. The summed E-state index contributed by atoms with van der Waals surface area (Å²) in [6.45, 7) is 2.39. The molecule has 0 aliphatic heterocycles. The lowest BCUT2D eigenvalue weighted by Gasteiger charge is -2.05. The Morgan fingerprint density at radius 1 is 1.41 bits per heavy atom. The first-order valence-corrected chi connectivity index (χ1v) is 5.44. The smallest absolute Gasteiger partial charge is 0.333 e. The Hall–Kier alpha value is -1.84. The molecule has 1 aromatic carbocycles. The van der Waals surface area contributed by atoms with Gasteiger partial charge in [0.1, 0.15) is 5.82 Å². The van der Waals surface area contributed by atoms with Gasteiger partial charge in [-0.3, -0.25) is 0 Å². The van der Waals surface area contributed by atoms with Crippen LogP contribution < -0.4 is 5.32 Å². The number of rotatable bonds is 5. The van der Waals surface area contributed by atoms with Gasteiger partial charge in [0.05, 0.1) is 7.11 Å². The zero-order valence-corrected chi connectivity index (χ0v) is 10.00. The van der Waals surface area contributed by atoms with Crippen LogP contribution in [0.3, 0.4) is 0 Å². The van der Waals surface area contributed by atoms with Gasteiger partial charge in [0.2, 0.25) is 0 Å². The number of methoxy groups -OCH3 is 1. The fourth-order valence-electron chi connectivity index (χ4n) is 1.36. The maximum absolute atomic E-state index is 12.6. The summed E-state index contributed by atoms with van der Waals surface area (Å²) >= 11 is 0. The minimum absolute atomic E-state index is 0.269. The molecule has 0 heterocycles. The van der Waals surface area contributed by atoms with E-state index in [-0.39, 0.29) is 11.8 Å². The highest BCUT2D eigenvalue weighted by atomic mass is 19.1. The summed E-state index contributed by atoms with van der Waals surface area (Å²) in [6, 6.07) is 6.06. The molecule has 0 aliphatic carbocycles. The fourth-order valence-corrected chi connectivity index (χ4v) is 1.36. The van der Waals surface area contributed by atoms with Crippen LogP contribution in [-0.4, -0.2) is 19.6 Å². The largest absolute Gasteiger partial charge is 0.466 e. The maximum Gasteiger partial charge on any atom is 0.333 e. The van der Waals surface area contributed by atoms with Crippen LogP contribution in [0.5, 0.6) is 0 Å². The topological polar surface area (TPSA) is 38.3 Å². The Labute approximate surface area is 100 Å². The molecule has 92 valence electrons. The van der Waals surface area contributed by atoms with Crippen LogP contribution in [0.2, 0.25) is 0 Å². The molecular formula is C13H16FNO2. The molecule has 0 saturated heterocycles. The number of hydrogen-bond acceptors (Lipinski definition) is 3. The van der Waals surface area contributed by atoms with E-state index in [0.29, 0.717) is 18.5 Å². The van der Waals surface area contributed by atoms with Crippen molar-refractivity contribution in [1.29, 1.82) is 0 Å². The number of carbonyl (C=O) groups excluding carboxylic acids is 1. The number of carbonyl (C=O) groups is 1. The Kier molecular flexibility index (Phi) is 5.20. The van der Waals surface area contributed by atoms with Gasteiger partial charge in [0.25, 0.3) is 0 Å². The van der Waals surface area contributed by atoms with Crippen molar-refractivity contribution < 1.29 is 13.9 Å². The SMILES string of the molecule is CC/C(=C/CNc1ccc(F)cc1)C(=O)OC. The zero-order chi connectivity index (χ0) is 12.7. The molecule has 0 amide bonds. The number of anilines is 1. The summed E-state index contributed by atoms with van der Waals surface area (Å²) in [4.78, 5) is 11.3. The second-order valence-electron chi connectivity index (χ2n) is 3.46. The molecule has 0 atom stereocenters. The quantitative estimate of drug-likeness (QED) is 0.632. The van der Waals surface area contributed by atoms with E-state index >= 15 is 0 Å². The molecule has 1 aromatic rings. The van der Waals surface area contributed by atoms with Crippen LogP contribution in [0.15, 0.2) is 35.9 Å². The molecule has 0 aliphatic rings. The van der Waals surface area contributed by atoms with Gasteiger partial charge in [0, 0.05) is 17.8 Å². The van der Waals surface area contributed by atoms with Gasteiger partial charge < -0.3 is 10.1 Å². The van der Waals surface area contributed by atoms with Crippen LogP contribution in [0.4, 0.5) is 10.1 Å². The fraction of sp³-hybridized carbons (Fsp3) is 0.308. The van der Waals surface area contributed by atoms with E-state index in [1.807, 2.05) is 6.92 Å². The lowest BCUT2D eigenvalue weighted by atomic mass is 10.2.